The SMILES string of the molecule is CCCCC#CC(=O)C=C(C)C. The fraction of sp³-hybridized carbons (Fsp3) is 0.545. The van der Waals surface area contributed by atoms with Crippen LogP contribution in [0.1, 0.15) is 40.0 Å². The third kappa shape index (κ3) is 7.08. The summed E-state index contributed by atoms with van der Waals surface area (Å²) in [6, 6.07) is 0. The molecule has 0 unspecified atom stereocenters. The molecule has 0 saturated heterocycles. The highest BCUT2D eigenvalue weighted by molar-refractivity contribution is 6.04. The zero-order valence-electron chi connectivity index (χ0n) is 8.11. The molecule has 66 valence electrons. The maximum absolute atomic E-state index is 11.0. The Labute approximate surface area is 74.9 Å². The Morgan fingerprint density at radius 2 is 2.08 bits per heavy atom. The Morgan fingerprint density at radius 1 is 1.42 bits per heavy atom. The lowest BCUT2D eigenvalue weighted by Crippen LogP contribution is -1.86. The van der Waals surface area contributed by atoms with Gasteiger partial charge in [0.1, 0.15) is 0 Å². The van der Waals surface area contributed by atoms with Crippen LogP contribution >= 0.6 is 0 Å². The summed E-state index contributed by atoms with van der Waals surface area (Å²) in [4.78, 5) is 11.0. The molecule has 1 nitrogen and oxygen atoms in total. The molecule has 0 amide bonds. The van der Waals surface area contributed by atoms with Crippen LogP contribution in [0.5, 0.6) is 0 Å². The maximum atomic E-state index is 11.0. The van der Waals surface area contributed by atoms with Gasteiger partial charge in [0.15, 0.2) is 0 Å². The van der Waals surface area contributed by atoms with Crippen molar-refractivity contribution in [3.63, 3.8) is 0 Å². The first-order valence-electron chi connectivity index (χ1n) is 4.34. The van der Waals surface area contributed by atoms with Crippen molar-refractivity contribution >= 4 is 5.78 Å². The van der Waals surface area contributed by atoms with E-state index in [1.807, 2.05) is 13.8 Å². The van der Waals surface area contributed by atoms with Gasteiger partial charge in [-0.05, 0) is 32.3 Å². The lowest BCUT2D eigenvalue weighted by molar-refractivity contribution is -0.109. The van der Waals surface area contributed by atoms with E-state index in [0.29, 0.717) is 0 Å². The third-order valence-electron chi connectivity index (χ3n) is 1.29. The second kappa shape index (κ2) is 6.67. The molecule has 0 aliphatic heterocycles. The highest BCUT2D eigenvalue weighted by atomic mass is 16.1. The number of hydrogen-bond acceptors (Lipinski definition) is 1. The summed E-state index contributed by atoms with van der Waals surface area (Å²) in [5, 5.41) is 0. The van der Waals surface area contributed by atoms with Crippen LogP contribution in [-0.4, -0.2) is 5.78 Å². The number of hydrogen-bond donors (Lipinski definition) is 0. The van der Waals surface area contributed by atoms with E-state index in [4.69, 9.17) is 0 Å². The normalized spacial score (nSPS) is 8.25. The summed E-state index contributed by atoms with van der Waals surface area (Å²) in [5.41, 5.74) is 1.00. The number of unbranched alkanes of at least 4 members (excludes halogenated alkanes) is 2. The zero-order chi connectivity index (χ0) is 9.40. The minimum absolute atomic E-state index is 0.0777. The van der Waals surface area contributed by atoms with E-state index in [0.717, 1.165) is 24.8 Å². The largest absolute Gasteiger partial charge is 0.280 e. The second-order valence-electron chi connectivity index (χ2n) is 2.99. The quantitative estimate of drug-likeness (QED) is 0.271. The molecule has 0 rings (SSSR count). The molecular formula is C11H16O. The van der Waals surface area contributed by atoms with Gasteiger partial charge in [-0.1, -0.05) is 24.8 Å². The van der Waals surface area contributed by atoms with Gasteiger partial charge in [-0.25, -0.2) is 0 Å². The fourth-order valence-electron chi connectivity index (χ4n) is 0.713. The summed E-state index contributed by atoms with van der Waals surface area (Å²) in [5.74, 6) is 5.35. The van der Waals surface area contributed by atoms with Gasteiger partial charge in [0, 0.05) is 6.42 Å². The van der Waals surface area contributed by atoms with Gasteiger partial charge in [-0.15, -0.1) is 0 Å². The van der Waals surface area contributed by atoms with E-state index in [1.165, 1.54) is 0 Å². The molecule has 0 aromatic carbocycles. The Hall–Kier alpha value is -1.03. The minimum atomic E-state index is -0.0777. The fourth-order valence-corrected chi connectivity index (χ4v) is 0.713. The zero-order valence-corrected chi connectivity index (χ0v) is 8.11. The van der Waals surface area contributed by atoms with Crippen LogP contribution in [0, 0.1) is 11.8 Å². The molecular weight excluding hydrogens is 148 g/mol. The molecule has 0 radical (unpaired) electrons. The van der Waals surface area contributed by atoms with Crippen LogP contribution in [0.4, 0.5) is 0 Å². The second-order valence-corrected chi connectivity index (χ2v) is 2.99. The number of carbonyl (C=O) groups is 1. The molecule has 0 saturated carbocycles. The van der Waals surface area contributed by atoms with Crippen LogP contribution in [0.2, 0.25) is 0 Å². The van der Waals surface area contributed by atoms with Crippen LogP contribution in [0.25, 0.3) is 0 Å². The smallest absolute Gasteiger partial charge is 0.228 e. The van der Waals surface area contributed by atoms with Gasteiger partial charge < -0.3 is 0 Å². The van der Waals surface area contributed by atoms with E-state index in [9.17, 15) is 4.79 Å². The van der Waals surface area contributed by atoms with Crippen molar-refractivity contribution in [2.45, 2.75) is 40.0 Å². The van der Waals surface area contributed by atoms with Crippen LogP contribution in [0.3, 0.4) is 0 Å². The number of ketones is 1. The molecule has 0 aliphatic rings. The number of carbonyl (C=O) groups excluding carboxylic acids is 1. The molecule has 0 spiro atoms. The molecule has 12 heavy (non-hydrogen) atoms. The van der Waals surface area contributed by atoms with E-state index >= 15 is 0 Å². The molecule has 0 aromatic rings. The van der Waals surface area contributed by atoms with Gasteiger partial charge >= 0.3 is 0 Å². The van der Waals surface area contributed by atoms with Gasteiger partial charge in [0.05, 0.1) is 0 Å². The summed E-state index contributed by atoms with van der Waals surface area (Å²) in [6.07, 6.45) is 4.61. The Balaban J connectivity index is 3.80. The van der Waals surface area contributed by atoms with E-state index in [2.05, 4.69) is 18.8 Å². The first-order chi connectivity index (χ1) is 5.66. The minimum Gasteiger partial charge on any atom is -0.280 e. The highest BCUT2D eigenvalue weighted by Gasteiger charge is 1.87. The monoisotopic (exact) mass is 164 g/mol. The van der Waals surface area contributed by atoms with E-state index < -0.39 is 0 Å². The van der Waals surface area contributed by atoms with Crippen LogP contribution < -0.4 is 0 Å². The Bertz CT molecular complexity index is 221. The van der Waals surface area contributed by atoms with Gasteiger partial charge in [0.2, 0.25) is 5.78 Å². The van der Waals surface area contributed by atoms with E-state index in [-0.39, 0.29) is 5.78 Å². The average molecular weight is 164 g/mol. The van der Waals surface area contributed by atoms with Crippen molar-refractivity contribution in [1.29, 1.82) is 0 Å². The van der Waals surface area contributed by atoms with Crippen molar-refractivity contribution < 1.29 is 4.79 Å². The van der Waals surface area contributed by atoms with Crippen molar-refractivity contribution in [2.75, 3.05) is 0 Å². The molecule has 0 atom stereocenters. The molecule has 0 fully saturated rings. The lowest BCUT2D eigenvalue weighted by atomic mass is 10.2. The van der Waals surface area contributed by atoms with Crippen LogP contribution in [-0.2, 0) is 4.79 Å². The predicted octanol–water partition coefficient (Wildman–Crippen LogP) is 2.72. The third-order valence-corrected chi connectivity index (χ3v) is 1.29. The van der Waals surface area contributed by atoms with Crippen LogP contribution in [0.15, 0.2) is 11.6 Å². The first kappa shape index (κ1) is 11.0. The molecule has 0 aromatic heterocycles. The maximum Gasteiger partial charge on any atom is 0.228 e. The molecule has 0 bridgehead atoms. The summed E-state index contributed by atoms with van der Waals surface area (Å²) in [6.45, 7) is 5.90. The van der Waals surface area contributed by atoms with Crippen molar-refractivity contribution in [3.05, 3.63) is 11.6 Å². The molecule has 0 N–H and O–H groups in total. The number of allylic oxidation sites excluding steroid dienone is 2. The topological polar surface area (TPSA) is 17.1 Å². The van der Waals surface area contributed by atoms with Crippen molar-refractivity contribution in [2.24, 2.45) is 0 Å². The van der Waals surface area contributed by atoms with Gasteiger partial charge in [0.25, 0.3) is 0 Å². The predicted molar refractivity (Wildman–Crippen MR) is 51.7 cm³/mol. The lowest BCUT2D eigenvalue weighted by Gasteiger charge is -1.84. The summed E-state index contributed by atoms with van der Waals surface area (Å²) >= 11 is 0. The Kier molecular flexibility index (Phi) is 6.09. The van der Waals surface area contributed by atoms with E-state index in [1.54, 1.807) is 6.08 Å². The summed E-state index contributed by atoms with van der Waals surface area (Å²) < 4.78 is 0. The summed E-state index contributed by atoms with van der Waals surface area (Å²) in [7, 11) is 0. The van der Waals surface area contributed by atoms with Gasteiger partial charge in [-0.2, -0.15) is 0 Å². The average Bonchev–Trinajstić information content (AvgIpc) is 1.97. The van der Waals surface area contributed by atoms with Crippen molar-refractivity contribution in [1.82, 2.24) is 0 Å². The standard InChI is InChI=1S/C11H16O/c1-4-5-6-7-8-11(12)9-10(2)3/h9H,4-6H2,1-3H3. The van der Waals surface area contributed by atoms with Gasteiger partial charge in [-0.3, -0.25) is 4.79 Å². The molecule has 1 heteroatoms. The number of rotatable bonds is 3. The van der Waals surface area contributed by atoms with Crippen molar-refractivity contribution in [3.8, 4) is 11.8 Å². The first-order valence-corrected chi connectivity index (χ1v) is 4.34. The molecule has 0 aliphatic carbocycles. The Morgan fingerprint density at radius 3 is 2.58 bits per heavy atom. The highest BCUT2D eigenvalue weighted by Crippen LogP contribution is 1.91. The molecule has 0 heterocycles.